The number of carbonyl (C=O) groups excluding carboxylic acids is 2. The van der Waals surface area contributed by atoms with Crippen molar-refractivity contribution in [3.8, 4) is 12.3 Å². The largest absolute Gasteiger partial charge is 0.458 e. The minimum atomic E-state index is -1.28. The molecule has 2 aliphatic rings. The van der Waals surface area contributed by atoms with Crippen LogP contribution in [-0.4, -0.2) is 57.0 Å². The molecule has 0 amide bonds. The number of terminal acetylenes is 1. The zero-order valence-electron chi connectivity index (χ0n) is 23.4. The van der Waals surface area contributed by atoms with Gasteiger partial charge in [0, 0.05) is 25.0 Å². The van der Waals surface area contributed by atoms with Crippen LogP contribution in [0.15, 0.2) is 30.0 Å². The summed E-state index contributed by atoms with van der Waals surface area (Å²) in [6.45, 7) is 9.13. The second kappa shape index (κ2) is 12.5. The number of fused-ring (bicyclic) bond motifs is 1. The number of Topliss-reactive ketones (excluding diaryl/α,β-unsaturated/α-hetero) is 1. The fourth-order valence-electron chi connectivity index (χ4n) is 5.42. The summed E-state index contributed by atoms with van der Waals surface area (Å²) >= 11 is 0. The van der Waals surface area contributed by atoms with Crippen molar-refractivity contribution < 1.29 is 29.3 Å². The van der Waals surface area contributed by atoms with E-state index in [0.717, 1.165) is 30.5 Å². The quantitative estimate of drug-likeness (QED) is 0.338. The molecule has 0 radical (unpaired) electrons. The van der Waals surface area contributed by atoms with E-state index in [1.807, 2.05) is 38.1 Å². The first kappa shape index (κ1) is 30.0. The Morgan fingerprint density at radius 3 is 2.66 bits per heavy atom. The number of ether oxygens (including phenoxy) is 2. The van der Waals surface area contributed by atoms with E-state index in [9.17, 15) is 19.8 Å². The Bertz CT molecular complexity index is 1040. The van der Waals surface area contributed by atoms with Crippen LogP contribution in [0, 0.1) is 29.6 Å². The molecular formula is C31H43NO6. The molecule has 2 N–H and O–H groups in total. The molecule has 3 heterocycles. The van der Waals surface area contributed by atoms with Crippen LogP contribution < -0.4 is 0 Å². The van der Waals surface area contributed by atoms with E-state index >= 15 is 0 Å². The predicted molar refractivity (Wildman–Crippen MR) is 146 cm³/mol. The maximum atomic E-state index is 13.6. The van der Waals surface area contributed by atoms with Crippen molar-refractivity contribution in [3.05, 3.63) is 35.7 Å². The molecule has 1 aromatic heterocycles. The van der Waals surface area contributed by atoms with Gasteiger partial charge in [-0.1, -0.05) is 33.3 Å². The minimum Gasteiger partial charge on any atom is -0.458 e. The summed E-state index contributed by atoms with van der Waals surface area (Å²) in [6, 6.07) is 5.61. The lowest BCUT2D eigenvalue weighted by Crippen LogP contribution is -2.46. The van der Waals surface area contributed by atoms with Crippen LogP contribution in [0.2, 0.25) is 0 Å². The number of aromatic nitrogens is 1. The zero-order valence-corrected chi connectivity index (χ0v) is 23.4. The first-order valence-electron chi connectivity index (χ1n) is 13.7. The first-order valence-corrected chi connectivity index (χ1v) is 13.7. The second-order valence-corrected chi connectivity index (χ2v) is 11.8. The van der Waals surface area contributed by atoms with Crippen LogP contribution >= 0.6 is 0 Å². The van der Waals surface area contributed by atoms with Gasteiger partial charge >= 0.3 is 5.97 Å². The number of epoxide rings is 1. The molecule has 2 fully saturated rings. The van der Waals surface area contributed by atoms with Crippen LogP contribution in [0.4, 0.5) is 0 Å². The van der Waals surface area contributed by atoms with Crippen molar-refractivity contribution in [1.29, 1.82) is 0 Å². The van der Waals surface area contributed by atoms with E-state index in [1.54, 1.807) is 20.0 Å². The van der Waals surface area contributed by atoms with E-state index in [-0.39, 0.29) is 29.8 Å². The third kappa shape index (κ3) is 7.31. The molecule has 7 heteroatoms. The number of rotatable bonds is 4. The van der Waals surface area contributed by atoms with Gasteiger partial charge in [0.05, 0.1) is 41.4 Å². The molecule has 0 saturated carbocycles. The molecule has 7 unspecified atom stereocenters. The van der Waals surface area contributed by atoms with E-state index < -0.39 is 35.6 Å². The van der Waals surface area contributed by atoms with Gasteiger partial charge in [-0.25, -0.2) is 0 Å². The third-order valence-corrected chi connectivity index (χ3v) is 8.40. The van der Waals surface area contributed by atoms with Crippen LogP contribution in [-0.2, 0) is 19.1 Å². The van der Waals surface area contributed by atoms with Gasteiger partial charge < -0.3 is 19.7 Å². The number of pyridine rings is 1. The smallest absolute Gasteiger partial charge is 0.309 e. The molecule has 208 valence electrons. The molecule has 1 aromatic rings. The lowest BCUT2D eigenvalue weighted by molar-refractivity contribution is -0.154. The molecule has 0 bridgehead atoms. The minimum absolute atomic E-state index is 0.0770. The topological polar surface area (TPSA) is 109 Å². The number of aliphatic hydroxyl groups is 2. The fourth-order valence-corrected chi connectivity index (χ4v) is 5.42. The van der Waals surface area contributed by atoms with Gasteiger partial charge in [-0.05, 0) is 62.8 Å². The van der Waals surface area contributed by atoms with Crippen molar-refractivity contribution in [2.45, 2.75) is 110 Å². The first-order chi connectivity index (χ1) is 17.9. The highest BCUT2D eigenvalue weighted by molar-refractivity contribution is 5.88. The van der Waals surface area contributed by atoms with Gasteiger partial charge in [0.15, 0.2) is 0 Å². The standard InChI is InChI=1S/C31H43NO6/c1-7-8-14-23-28(35)20(2)12-11-15-31(6)26(38-31)18-24(21(3)17-22-13-9-10-16-32-22)37-27(34)19-25(33)30(4,5)29(23)36/h1,9-10,13,16-17,20,23-26,28,33,35H,8,11-12,14-15,18-19H2,2-6H3. The SMILES string of the molecule is C#CCCC1C(=O)C(C)(C)C(O)CC(=O)OC(C(C)=Cc2ccccn2)CC2OC2(C)CCCC(C)C1O. The Morgan fingerprint density at radius 1 is 1.26 bits per heavy atom. The van der Waals surface area contributed by atoms with Crippen LogP contribution in [0.25, 0.3) is 6.08 Å². The summed E-state index contributed by atoms with van der Waals surface area (Å²) in [4.78, 5) is 31.1. The van der Waals surface area contributed by atoms with Crippen molar-refractivity contribution in [2.75, 3.05) is 0 Å². The van der Waals surface area contributed by atoms with Crippen LogP contribution in [0.3, 0.4) is 0 Å². The summed E-state index contributed by atoms with van der Waals surface area (Å²) < 4.78 is 12.0. The molecule has 0 aromatic carbocycles. The summed E-state index contributed by atoms with van der Waals surface area (Å²) in [7, 11) is 0. The number of esters is 1. The van der Waals surface area contributed by atoms with Gasteiger partial charge in [0.1, 0.15) is 11.9 Å². The Hall–Kier alpha value is -2.53. The predicted octanol–water partition coefficient (Wildman–Crippen LogP) is 4.50. The third-order valence-electron chi connectivity index (χ3n) is 8.40. The average Bonchev–Trinajstić information content (AvgIpc) is 3.51. The summed E-state index contributed by atoms with van der Waals surface area (Å²) in [5, 5.41) is 22.2. The summed E-state index contributed by atoms with van der Waals surface area (Å²) in [5.41, 5.74) is -0.0302. The van der Waals surface area contributed by atoms with Gasteiger partial charge in [0.2, 0.25) is 0 Å². The fraction of sp³-hybridized carbons (Fsp3) is 0.645. The molecule has 0 aliphatic carbocycles. The Labute approximate surface area is 227 Å². The maximum absolute atomic E-state index is 13.6. The number of ketones is 1. The Balaban J connectivity index is 1.89. The molecule has 0 spiro atoms. The molecular weight excluding hydrogens is 482 g/mol. The van der Waals surface area contributed by atoms with Crippen molar-refractivity contribution >= 4 is 17.8 Å². The monoisotopic (exact) mass is 525 g/mol. The van der Waals surface area contributed by atoms with E-state index in [1.165, 1.54) is 0 Å². The lowest BCUT2D eigenvalue weighted by atomic mass is 9.71. The number of hydrogen-bond donors (Lipinski definition) is 2. The van der Waals surface area contributed by atoms with Crippen molar-refractivity contribution in [3.63, 3.8) is 0 Å². The summed E-state index contributed by atoms with van der Waals surface area (Å²) in [5.74, 6) is 0.806. The second-order valence-electron chi connectivity index (χ2n) is 11.8. The van der Waals surface area contributed by atoms with E-state index in [4.69, 9.17) is 15.9 Å². The van der Waals surface area contributed by atoms with Gasteiger partial charge in [-0.15, -0.1) is 12.3 Å². The van der Waals surface area contributed by atoms with Crippen LogP contribution in [0.1, 0.15) is 85.3 Å². The number of hydrogen-bond acceptors (Lipinski definition) is 7. The zero-order chi connectivity index (χ0) is 28.1. The van der Waals surface area contributed by atoms with Crippen molar-refractivity contribution in [2.24, 2.45) is 17.3 Å². The molecule has 7 nitrogen and oxygen atoms in total. The lowest BCUT2D eigenvalue weighted by Gasteiger charge is -2.36. The molecule has 7 atom stereocenters. The molecule has 38 heavy (non-hydrogen) atoms. The Kier molecular flexibility index (Phi) is 9.91. The number of nitrogens with zero attached hydrogens (tertiary/aromatic N) is 1. The molecule has 2 saturated heterocycles. The van der Waals surface area contributed by atoms with Gasteiger partial charge in [-0.3, -0.25) is 14.6 Å². The normalized spacial score (nSPS) is 35.1. The highest BCUT2D eigenvalue weighted by atomic mass is 16.6. The average molecular weight is 526 g/mol. The van der Waals surface area contributed by atoms with Crippen molar-refractivity contribution in [1.82, 2.24) is 4.98 Å². The summed E-state index contributed by atoms with van der Waals surface area (Å²) in [6.07, 6.45) is 9.40. The van der Waals surface area contributed by atoms with Gasteiger partial charge in [0.25, 0.3) is 0 Å². The highest BCUT2D eigenvalue weighted by Crippen LogP contribution is 2.45. The maximum Gasteiger partial charge on any atom is 0.309 e. The highest BCUT2D eigenvalue weighted by Gasteiger charge is 2.53. The molecule has 3 rings (SSSR count). The molecule has 2 aliphatic heterocycles. The number of aliphatic hydroxyl groups excluding tert-OH is 2. The van der Waals surface area contributed by atoms with Gasteiger partial charge in [-0.2, -0.15) is 0 Å². The van der Waals surface area contributed by atoms with Crippen LogP contribution in [0.5, 0.6) is 0 Å². The van der Waals surface area contributed by atoms with E-state index in [2.05, 4.69) is 17.8 Å². The Morgan fingerprint density at radius 2 is 2.00 bits per heavy atom. The number of carbonyl (C=O) groups is 2. The number of cyclic esters (lactones) is 1. The van der Waals surface area contributed by atoms with E-state index in [0.29, 0.717) is 19.3 Å².